The van der Waals surface area contributed by atoms with E-state index in [4.69, 9.17) is 10.2 Å². The van der Waals surface area contributed by atoms with Crippen molar-refractivity contribution in [2.75, 3.05) is 5.73 Å². The van der Waals surface area contributed by atoms with Crippen LogP contribution in [0.1, 0.15) is 19.0 Å². The van der Waals surface area contributed by atoms with Gasteiger partial charge < -0.3 is 10.2 Å². The zero-order chi connectivity index (χ0) is 12.5. The first kappa shape index (κ1) is 11.2. The maximum atomic E-state index is 5.87. The second kappa shape index (κ2) is 4.38. The summed E-state index contributed by atoms with van der Waals surface area (Å²) in [6.07, 6.45) is 1.89. The van der Waals surface area contributed by atoms with Crippen molar-refractivity contribution in [3.8, 4) is 10.8 Å². The van der Waals surface area contributed by atoms with Crippen LogP contribution in [0.5, 0.6) is 0 Å². The van der Waals surface area contributed by atoms with Crippen LogP contribution in [0.25, 0.3) is 21.9 Å². The molecule has 0 unspecified atom stereocenters. The normalized spacial score (nSPS) is 11.2. The van der Waals surface area contributed by atoms with Crippen molar-refractivity contribution in [2.45, 2.75) is 19.8 Å². The Hall–Kier alpha value is -1.95. The van der Waals surface area contributed by atoms with E-state index in [-0.39, 0.29) is 0 Å². The second-order valence-electron chi connectivity index (χ2n) is 4.01. The van der Waals surface area contributed by atoms with Crippen molar-refractivity contribution in [3.63, 3.8) is 0 Å². The summed E-state index contributed by atoms with van der Waals surface area (Å²) < 4.78 is 9.69. The third-order valence-corrected chi connectivity index (χ3v) is 3.44. The average Bonchev–Trinajstić information content (AvgIpc) is 2.95. The molecular formula is C12H12N4OS. The van der Waals surface area contributed by atoms with Crippen molar-refractivity contribution in [1.82, 2.24) is 14.6 Å². The van der Waals surface area contributed by atoms with E-state index in [1.54, 1.807) is 0 Å². The first-order valence-corrected chi connectivity index (χ1v) is 6.53. The molecule has 0 saturated heterocycles. The molecule has 0 amide bonds. The van der Waals surface area contributed by atoms with Crippen molar-refractivity contribution in [3.05, 3.63) is 23.9 Å². The van der Waals surface area contributed by atoms with Gasteiger partial charge >= 0.3 is 0 Å². The number of aromatic nitrogens is 3. The SMILES string of the molecule is CCCc1nnsc1-c1nc2c(N)cccc2o1. The van der Waals surface area contributed by atoms with Crippen molar-refractivity contribution < 1.29 is 4.42 Å². The molecule has 2 heterocycles. The molecule has 0 radical (unpaired) electrons. The van der Waals surface area contributed by atoms with E-state index < -0.39 is 0 Å². The highest BCUT2D eigenvalue weighted by atomic mass is 32.1. The predicted octanol–water partition coefficient (Wildman–Crippen LogP) is 2.88. The van der Waals surface area contributed by atoms with Crippen molar-refractivity contribution >= 4 is 28.3 Å². The van der Waals surface area contributed by atoms with E-state index in [2.05, 4.69) is 21.5 Å². The van der Waals surface area contributed by atoms with Gasteiger partial charge in [-0.3, -0.25) is 0 Å². The standard InChI is InChI=1S/C12H12N4OS/c1-2-4-8-11(18-16-15-8)12-14-10-7(13)5-3-6-9(10)17-12/h3,5-6H,2,4,13H2,1H3. The Kier molecular flexibility index (Phi) is 2.71. The van der Waals surface area contributed by atoms with E-state index in [0.29, 0.717) is 22.7 Å². The molecule has 0 spiro atoms. The molecule has 6 heteroatoms. The number of rotatable bonds is 3. The molecule has 0 aliphatic carbocycles. The molecule has 0 aliphatic rings. The van der Waals surface area contributed by atoms with Gasteiger partial charge in [0.25, 0.3) is 0 Å². The zero-order valence-corrected chi connectivity index (χ0v) is 10.7. The van der Waals surface area contributed by atoms with Gasteiger partial charge in [0.1, 0.15) is 10.4 Å². The summed E-state index contributed by atoms with van der Waals surface area (Å²) in [4.78, 5) is 5.33. The zero-order valence-electron chi connectivity index (χ0n) is 9.88. The summed E-state index contributed by atoms with van der Waals surface area (Å²) in [5, 5.41) is 4.11. The first-order chi connectivity index (χ1) is 8.79. The van der Waals surface area contributed by atoms with Gasteiger partial charge in [-0.05, 0) is 30.1 Å². The minimum atomic E-state index is 0.557. The fraction of sp³-hybridized carbons (Fsp3) is 0.250. The number of aryl methyl sites for hydroxylation is 1. The van der Waals surface area contributed by atoms with Crippen molar-refractivity contribution in [2.24, 2.45) is 0 Å². The minimum Gasteiger partial charge on any atom is -0.435 e. The van der Waals surface area contributed by atoms with E-state index >= 15 is 0 Å². The monoisotopic (exact) mass is 260 g/mol. The third-order valence-electron chi connectivity index (χ3n) is 2.69. The minimum absolute atomic E-state index is 0.557. The van der Waals surface area contributed by atoms with Crippen LogP contribution in [-0.4, -0.2) is 14.6 Å². The molecule has 5 nitrogen and oxygen atoms in total. The summed E-state index contributed by atoms with van der Waals surface area (Å²) in [7, 11) is 0. The molecule has 0 bridgehead atoms. The quantitative estimate of drug-likeness (QED) is 0.732. The summed E-state index contributed by atoms with van der Waals surface area (Å²) >= 11 is 1.31. The summed E-state index contributed by atoms with van der Waals surface area (Å²) in [5.74, 6) is 0.557. The van der Waals surface area contributed by atoms with Gasteiger partial charge in [-0.25, -0.2) is 4.98 Å². The van der Waals surface area contributed by atoms with E-state index in [0.717, 1.165) is 23.4 Å². The Balaban J connectivity index is 2.14. The number of nitrogen functional groups attached to an aromatic ring is 1. The number of nitrogens with zero attached hydrogens (tertiary/aromatic N) is 3. The molecule has 2 N–H and O–H groups in total. The highest BCUT2D eigenvalue weighted by molar-refractivity contribution is 7.09. The summed E-state index contributed by atoms with van der Waals surface area (Å²) in [6.45, 7) is 2.10. The van der Waals surface area contributed by atoms with Crippen LogP contribution in [-0.2, 0) is 6.42 Å². The van der Waals surface area contributed by atoms with Crippen LogP contribution in [0, 0.1) is 0 Å². The Labute approximate surface area is 108 Å². The number of fused-ring (bicyclic) bond motifs is 1. The first-order valence-electron chi connectivity index (χ1n) is 5.76. The van der Waals surface area contributed by atoms with Crippen LogP contribution in [0.3, 0.4) is 0 Å². The molecule has 0 saturated carbocycles. The molecule has 3 rings (SSSR count). The van der Waals surface area contributed by atoms with E-state index in [1.807, 2.05) is 18.2 Å². The number of oxazole rings is 1. The molecule has 2 aromatic heterocycles. The molecule has 18 heavy (non-hydrogen) atoms. The van der Waals surface area contributed by atoms with Gasteiger partial charge in [0, 0.05) is 0 Å². The number of benzene rings is 1. The molecule has 1 aromatic carbocycles. The number of anilines is 1. The van der Waals surface area contributed by atoms with Crippen LogP contribution >= 0.6 is 11.5 Å². The molecule has 0 aliphatic heterocycles. The lowest BCUT2D eigenvalue weighted by atomic mass is 10.2. The van der Waals surface area contributed by atoms with Gasteiger partial charge in [0.15, 0.2) is 5.58 Å². The van der Waals surface area contributed by atoms with Crippen LogP contribution in [0.15, 0.2) is 22.6 Å². The Morgan fingerprint density at radius 2 is 2.28 bits per heavy atom. The lowest BCUT2D eigenvalue weighted by molar-refractivity contribution is 0.620. The predicted molar refractivity (Wildman–Crippen MR) is 71.3 cm³/mol. The van der Waals surface area contributed by atoms with E-state index in [9.17, 15) is 0 Å². The van der Waals surface area contributed by atoms with Crippen LogP contribution in [0.2, 0.25) is 0 Å². The van der Waals surface area contributed by atoms with E-state index in [1.165, 1.54) is 11.5 Å². The molecule has 0 atom stereocenters. The van der Waals surface area contributed by atoms with Gasteiger partial charge in [-0.2, -0.15) is 0 Å². The molecule has 0 fully saturated rings. The van der Waals surface area contributed by atoms with Crippen LogP contribution in [0.4, 0.5) is 5.69 Å². The number of hydrogen-bond acceptors (Lipinski definition) is 6. The molecule has 92 valence electrons. The maximum absolute atomic E-state index is 5.87. The largest absolute Gasteiger partial charge is 0.435 e. The number of para-hydroxylation sites is 1. The second-order valence-corrected chi connectivity index (χ2v) is 4.77. The molecular weight excluding hydrogens is 248 g/mol. The lowest BCUT2D eigenvalue weighted by Gasteiger charge is -1.93. The van der Waals surface area contributed by atoms with Gasteiger partial charge in [-0.15, -0.1) is 5.10 Å². The number of nitrogens with two attached hydrogens (primary N) is 1. The lowest BCUT2D eigenvalue weighted by Crippen LogP contribution is -1.87. The Morgan fingerprint density at radius 1 is 1.39 bits per heavy atom. The highest BCUT2D eigenvalue weighted by Gasteiger charge is 2.16. The number of hydrogen-bond donors (Lipinski definition) is 1. The van der Waals surface area contributed by atoms with Crippen molar-refractivity contribution in [1.29, 1.82) is 0 Å². The van der Waals surface area contributed by atoms with Crippen LogP contribution < -0.4 is 5.73 Å². The topological polar surface area (TPSA) is 77.8 Å². The third kappa shape index (κ3) is 1.74. The Morgan fingerprint density at radius 3 is 3.06 bits per heavy atom. The molecule has 3 aromatic rings. The van der Waals surface area contributed by atoms with Gasteiger partial charge in [-0.1, -0.05) is 23.9 Å². The fourth-order valence-corrected chi connectivity index (χ4v) is 2.47. The summed E-state index contributed by atoms with van der Waals surface area (Å²) in [5.41, 5.74) is 8.82. The Bertz CT molecular complexity index is 688. The van der Waals surface area contributed by atoms with Gasteiger partial charge in [0.05, 0.1) is 11.4 Å². The highest BCUT2D eigenvalue weighted by Crippen LogP contribution is 2.31. The van der Waals surface area contributed by atoms with Gasteiger partial charge in [0.2, 0.25) is 5.89 Å². The fourth-order valence-electron chi connectivity index (χ4n) is 1.84. The maximum Gasteiger partial charge on any atom is 0.241 e. The summed E-state index contributed by atoms with van der Waals surface area (Å²) in [6, 6.07) is 5.52. The smallest absolute Gasteiger partial charge is 0.241 e. The average molecular weight is 260 g/mol.